The molecule has 2 aromatic carbocycles. The van der Waals surface area contributed by atoms with Gasteiger partial charge in [-0.3, -0.25) is 19.3 Å². The van der Waals surface area contributed by atoms with Crippen molar-refractivity contribution in [2.75, 3.05) is 19.6 Å². The smallest absolute Gasteiger partial charge is 0.293 e. The molecule has 0 saturated carbocycles. The minimum Gasteiger partial charge on any atom is -0.350 e. The number of terminal acetylenes is 1. The SMILES string of the molecule is C#CCNS(=O)(=O)c1ccc(C(=O)NCCN2C(=O)S/C(=C/c3ccc(C)cc3)C2=O)cc1. The van der Waals surface area contributed by atoms with E-state index in [0.29, 0.717) is 4.91 Å². The van der Waals surface area contributed by atoms with E-state index in [0.717, 1.165) is 27.8 Å². The van der Waals surface area contributed by atoms with Crippen molar-refractivity contribution in [3.05, 3.63) is 70.1 Å². The molecule has 2 aromatic rings. The van der Waals surface area contributed by atoms with E-state index >= 15 is 0 Å². The number of carbonyl (C=O) groups excluding carboxylic acids is 3. The number of nitrogens with one attached hydrogen (secondary N) is 2. The fourth-order valence-corrected chi connectivity index (χ4v) is 4.70. The van der Waals surface area contributed by atoms with Crippen LogP contribution in [0.5, 0.6) is 0 Å². The van der Waals surface area contributed by atoms with E-state index in [1.165, 1.54) is 24.3 Å². The zero-order chi connectivity index (χ0) is 24.0. The van der Waals surface area contributed by atoms with E-state index in [1.807, 2.05) is 31.2 Å². The summed E-state index contributed by atoms with van der Waals surface area (Å²) >= 11 is 0.856. The molecule has 170 valence electrons. The van der Waals surface area contributed by atoms with Gasteiger partial charge in [0.05, 0.1) is 16.3 Å². The molecular weight excluding hydrogens is 462 g/mol. The number of hydrogen-bond donors (Lipinski definition) is 2. The highest BCUT2D eigenvalue weighted by molar-refractivity contribution is 8.18. The van der Waals surface area contributed by atoms with Gasteiger partial charge < -0.3 is 5.32 Å². The lowest BCUT2D eigenvalue weighted by Crippen LogP contribution is -2.37. The standard InChI is InChI=1S/C23H21N3O5S2/c1-3-12-25-33(30,31)19-10-8-18(9-11-19)21(27)24-13-14-26-22(28)20(32-23(26)29)15-17-6-4-16(2)5-7-17/h1,4-11,15,25H,12-14H2,2H3,(H,24,27)/b20-15+. The highest BCUT2D eigenvalue weighted by atomic mass is 32.2. The molecule has 0 bridgehead atoms. The van der Waals surface area contributed by atoms with E-state index in [-0.39, 0.29) is 30.1 Å². The maximum atomic E-state index is 12.6. The van der Waals surface area contributed by atoms with Gasteiger partial charge in [-0.05, 0) is 54.6 Å². The van der Waals surface area contributed by atoms with Crippen LogP contribution in [0.25, 0.3) is 6.08 Å². The summed E-state index contributed by atoms with van der Waals surface area (Å²) in [6, 6.07) is 12.9. The number of rotatable bonds is 8. The zero-order valence-corrected chi connectivity index (χ0v) is 19.3. The Bertz CT molecular complexity index is 1240. The minimum absolute atomic E-state index is 0.0180. The minimum atomic E-state index is -3.75. The van der Waals surface area contributed by atoms with E-state index in [9.17, 15) is 22.8 Å². The fourth-order valence-electron chi connectivity index (χ4n) is 2.90. The van der Waals surface area contributed by atoms with Gasteiger partial charge in [-0.1, -0.05) is 35.7 Å². The van der Waals surface area contributed by atoms with E-state index in [4.69, 9.17) is 6.42 Å². The van der Waals surface area contributed by atoms with Crippen LogP contribution >= 0.6 is 11.8 Å². The van der Waals surface area contributed by atoms with Crippen molar-refractivity contribution in [3.63, 3.8) is 0 Å². The molecule has 1 aliphatic heterocycles. The van der Waals surface area contributed by atoms with Gasteiger partial charge in [-0.25, -0.2) is 8.42 Å². The van der Waals surface area contributed by atoms with Gasteiger partial charge in [0.15, 0.2) is 0 Å². The lowest BCUT2D eigenvalue weighted by Gasteiger charge is -2.13. The number of imide groups is 1. The number of nitrogens with zero attached hydrogens (tertiary/aromatic N) is 1. The van der Waals surface area contributed by atoms with Crippen LogP contribution in [0.2, 0.25) is 0 Å². The van der Waals surface area contributed by atoms with Crippen molar-refractivity contribution in [2.45, 2.75) is 11.8 Å². The first-order valence-electron chi connectivity index (χ1n) is 9.85. The van der Waals surface area contributed by atoms with Crippen LogP contribution in [0.4, 0.5) is 4.79 Å². The molecule has 0 atom stereocenters. The highest BCUT2D eigenvalue weighted by Crippen LogP contribution is 2.31. The summed E-state index contributed by atoms with van der Waals surface area (Å²) in [5.74, 6) is 1.31. The molecule has 0 radical (unpaired) electrons. The van der Waals surface area contributed by atoms with Gasteiger partial charge in [0, 0.05) is 18.7 Å². The normalized spacial score (nSPS) is 15.0. The molecule has 0 aromatic heterocycles. The van der Waals surface area contributed by atoms with Crippen molar-refractivity contribution in [2.24, 2.45) is 0 Å². The number of hydrogen-bond acceptors (Lipinski definition) is 6. The second kappa shape index (κ2) is 10.5. The lowest BCUT2D eigenvalue weighted by molar-refractivity contribution is -0.122. The molecule has 8 nitrogen and oxygen atoms in total. The number of amides is 3. The second-order valence-electron chi connectivity index (χ2n) is 7.05. The van der Waals surface area contributed by atoms with Crippen molar-refractivity contribution >= 4 is 44.9 Å². The zero-order valence-electron chi connectivity index (χ0n) is 17.7. The number of benzene rings is 2. The summed E-state index contributed by atoms with van der Waals surface area (Å²) < 4.78 is 26.3. The molecule has 2 N–H and O–H groups in total. The maximum Gasteiger partial charge on any atom is 0.293 e. The van der Waals surface area contributed by atoms with Crippen LogP contribution in [0.15, 0.2) is 58.3 Å². The quantitative estimate of drug-likeness (QED) is 0.440. The molecule has 0 spiro atoms. The van der Waals surface area contributed by atoms with Crippen molar-refractivity contribution in [3.8, 4) is 12.3 Å². The first-order valence-corrected chi connectivity index (χ1v) is 12.1. The van der Waals surface area contributed by atoms with Crippen molar-refractivity contribution in [1.29, 1.82) is 0 Å². The lowest BCUT2D eigenvalue weighted by atomic mass is 10.1. The van der Waals surface area contributed by atoms with E-state index in [2.05, 4.69) is 16.0 Å². The summed E-state index contributed by atoms with van der Waals surface area (Å²) in [6.07, 6.45) is 6.72. The summed E-state index contributed by atoms with van der Waals surface area (Å²) in [5.41, 5.74) is 2.14. The Morgan fingerprint density at radius 3 is 2.42 bits per heavy atom. The predicted molar refractivity (Wildman–Crippen MR) is 127 cm³/mol. The molecule has 0 aliphatic carbocycles. The molecule has 1 heterocycles. The topological polar surface area (TPSA) is 113 Å². The molecule has 3 amide bonds. The van der Waals surface area contributed by atoms with Gasteiger partial charge in [0.25, 0.3) is 17.1 Å². The third-order valence-corrected chi connectivity index (χ3v) is 6.99. The first-order chi connectivity index (χ1) is 15.7. The molecule has 1 fully saturated rings. The number of thioether (sulfide) groups is 1. The summed E-state index contributed by atoms with van der Waals surface area (Å²) in [6.45, 7) is 1.89. The molecule has 0 unspecified atom stereocenters. The average molecular weight is 484 g/mol. The molecule has 33 heavy (non-hydrogen) atoms. The number of carbonyl (C=O) groups is 3. The molecular formula is C23H21N3O5S2. The largest absolute Gasteiger partial charge is 0.350 e. The van der Waals surface area contributed by atoms with Gasteiger partial charge in [-0.2, -0.15) is 4.72 Å². The Kier molecular flexibility index (Phi) is 7.71. The number of sulfonamides is 1. The van der Waals surface area contributed by atoms with Crippen LogP contribution < -0.4 is 10.0 Å². The monoisotopic (exact) mass is 483 g/mol. The van der Waals surface area contributed by atoms with Gasteiger partial charge in [0.1, 0.15) is 0 Å². The van der Waals surface area contributed by atoms with Gasteiger partial charge in [0.2, 0.25) is 10.0 Å². The number of aryl methyl sites for hydroxylation is 1. The summed E-state index contributed by atoms with van der Waals surface area (Å²) in [4.78, 5) is 38.5. The molecule has 1 saturated heterocycles. The first kappa shape index (κ1) is 24.3. The van der Waals surface area contributed by atoms with Crippen molar-refractivity contribution < 1.29 is 22.8 Å². The Balaban J connectivity index is 1.56. The molecule has 1 aliphatic rings. The second-order valence-corrected chi connectivity index (χ2v) is 9.81. The predicted octanol–water partition coefficient (Wildman–Crippen LogP) is 2.37. The maximum absolute atomic E-state index is 12.6. The fraction of sp³-hybridized carbons (Fsp3) is 0.174. The third-order valence-electron chi connectivity index (χ3n) is 4.66. The summed E-state index contributed by atoms with van der Waals surface area (Å²) in [5, 5.41) is 2.22. The Morgan fingerprint density at radius 2 is 1.79 bits per heavy atom. The van der Waals surface area contributed by atoms with E-state index < -0.39 is 27.1 Å². The van der Waals surface area contributed by atoms with Gasteiger partial charge in [-0.15, -0.1) is 6.42 Å². The Labute approximate surface area is 196 Å². The third kappa shape index (κ3) is 6.10. The average Bonchev–Trinajstić information content (AvgIpc) is 3.06. The van der Waals surface area contributed by atoms with Crippen LogP contribution in [0.3, 0.4) is 0 Å². The molecule has 10 heteroatoms. The Hall–Kier alpha value is -3.39. The van der Waals surface area contributed by atoms with Crippen molar-refractivity contribution in [1.82, 2.24) is 14.9 Å². The van der Waals surface area contributed by atoms with Crippen LogP contribution in [0.1, 0.15) is 21.5 Å². The van der Waals surface area contributed by atoms with Crippen LogP contribution in [0, 0.1) is 19.3 Å². The van der Waals surface area contributed by atoms with Crippen LogP contribution in [-0.4, -0.2) is 50.0 Å². The Morgan fingerprint density at radius 1 is 1.12 bits per heavy atom. The van der Waals surface area contributed by atoms with Crippen LogP contribution in [-0.2, 0) is 14.8 Å². The van der Waals surface area contributed by atoms with Gasteiger partial charge >= 0.3 is 0 Å². The molecule has 3 rings (SSSR count). The summed E-state index contributed by atoms with van der Waals surface area (Å²) in [7, 11) is -3.75. The van der Waals surface area contributed by atoms with E-state index in [1.54, 1.807) is 6.08 Å². The highest BCUT2D eigenvalue weighted by Gasteiger charge is 2.34.